The Labute approximate surface area is 143 Å². The Kier molecular flexibility index (Phi) is 3.50. The van der Waals surface area contributed by atoms with Gasteiger partial charge in [-0.05, 0) is 23.8 Å². The van der Waals surface area contributed by atoms with Crippen LogP contribution in [0.15, 0.2) is 23.0 Å². The zero-order chi connectivity index (χ0) is 17.8. The molecule has 1 aliphatic heterocycles. The van der Waals surface area contributed by atoms with Crippen molar-refractivity contribution in [3.8, 4) is 0 Å². The Hall–Kier alpha value is -2.55. The van der Waals surface area contributed by atoms with Gasteiger partial charge in [0.2, 0.25) is 0 Å². The number of anilines is 1. The second kappa shape index (κ2) is 5.48. The van der Waals surface area contributed by atoms with Crippen LogP contribution >= 0.6 is 11.6 Å². The largest absolute Gasteiger partial charge is 0.435 e. The van der Waals surface area contributed by atoms with Gasteiger partial charge in [-0.3, -0.25) is 4.98 Å². The van der Waals surface area contributed by atoms with Gasteiger partial charge in [-0.1, -0.05) is 11.6 Å². The second-order valence-electron chi connectivity index (χ2n) is 5.74. The van der Waals surface area contributed by atoms with E-state index < -0.39 is 11.9 Å². The number of aromatic nitrogens is 4. The molecule has 1 aliphatic rings. The summed E-state index contributed by atoms with van der Waals surface area (Å²) in [6, 6.07) is 4.40. The van der Waals surface area contributed by atoms with E-state index in [4.69, 9.17) is 11.6 Å². The average molecular weight is 370 g/mol. The van der Waals surface area contributed by atoms with Crippen LogP contribution < -0.4 is 10.6 Å². The predicted molar refractivity (Wildman–Crippen MR) is 85.7 cm³/mol. The molecule has 2 N–H and O–H groups in total. The maximum Gasteiger partial charge on any atom is 0.435 e. The van der Waals surface area contributed by atoms with Crippen molar-refractivity contribution in [1.82, 2.24) is 19.9 Å². The lowest BCUT2D eigenvalue weighted by atomic mass is 10.0. The molecule has 3 aromatic heterocycles. The number of pyridine rings is 2. The van der Waals surface area contributed by atoms with Crippen LogP contribution in [0, 0.1) is 0 Å². The van der Waals surface area contributed by atoms with Gasteiger partial charge in [-0.2, -0.15) is 13.2 Å². The van der Waals surface area contributed by atoms with Crippen molar-refractivity contribution in [1.29, 1.82) is 0 Å². The van der Waals surface area contributed by atoms with Crippen LogP contribution in [0.5, 0.6) is 0 Å². The summed E-state index contributed by atoms with van der Waals surface area (Å²) < 4.78 is 39.9. The van der Waals surface area contributed by atoms with E-state index in [1.807, 2.05) is 0 Å². The summed E-state index contributed by atoms with van der Waals surface area (Å²) in [7, 11) is 0. The van der Waals surface area contributed by atoms with Crippen molar-refractivity contribution in [3.63, 3.8) is 0 Å². The first-order valence-electron chi connectivity index (χ1n) is 7.41. The number of H-pyrrole nitrogens is 2. The molecule has 0 aromatic carbocycles. The zero-order valence-electron chi connectivity index (χ0n) is 12.6. The third kappa shape index (κ3) is 2.84. The van der Waals surface area contributed by atoms with Gasteiger partial charge in [-0.15, -0.1) is 0 Å². The number of alkyl halides is 3. The summed E-state index contributed by atoms with van der Waals surface area (Å²) in [6.07, 6.45) is -4.15. The van der Waals surface area contributed by atoms with Gasteiger partial charge in [0.1, 0.15) is 5.15 Å². The van der Waals surface area contributed by atoms with E-state index in [0.717, 1.165) is 11.3 Å². The minimum absolute atomic E-state index is 0.0230. The lowest BCUT2D eigenvalue weighted by Gasteiger charge is -2.31. The molecule has 0 spiro atoms. The average Bonchev–Trinajstić information content (AvgIpc) is 2.90. The van der Waals surface area contributed by atoms with E-state index in [0.29, 0.717) is 24.1 Å². The molecule has 0 fully saturated rings. The molecule has 6 nitrogen and oxygen atoms in total. The van der Waals surface area contributed by atoms with Crippen LogP contribution in [-0.2, 0) is 19.1 Å². The number of halogens is 4. The first-order chi connectivity index (χ1) is 11.8. The van der Waals surface area contributed by atoms with Crippen molar-refractivity contribution in [2.45, 2.75) is 19.1 Å². The molecule has 0 radical (unpaired) electrons. The fraction of sp³-hybridized carbons (Fsp3) is 0.267. The van der Waals surface area contributed by atoms with E-state index in [1.54, 1.807) is 11.0 Å². The maximum absolute atomic E-state index is 13.3. The number of hydrogen-bond acceptors (Lipinski definition) is 4. The minimum Gasteiger partial charge on any atom is -0.365 e. The summed E-state index contributed by atoms with van der Waals surface area (Å²) in [5, 5.41) is -0.207. The molecule has 25 heavy (non-hydrogen) atoms. The number of imidazole rings is 1. The first-order valence-corrected chi connectivity index (χ1v) is 7.78. The first kappa shape index (κ1) is 15.9. The van der Waals surface area contributed by atoms with E-state index in [-0.39, 0.29) is 23.1 Å². The molecule has 130 valence electrons. The Morgan fingerprint density at radius 1 is 1.20 bits per heavy atom. The lowest BCUT2D eigenvalue weighted by Crippen LogP contribution is -2.33. The van der Waals surface area contributed by atoms with Crippen LogP contribution in [0.2, 0.25) is 5.15 Å². The third-order valence-electron chi connectivity index (χ3n) is 4.10. The summed E-state index contributed by atoms with van der Waals surface area (Å²) in [4.78, 5) is 26.0. The Bertz CT molecular complexity index is 1030. The fourth-order valence-electron chi connectivity index (χ4n) is 3.02. The van der Waals surface area contributed by atoms with Crippen molar-refractivity contribution < 1.29 is 13.2 Å². The van der Waals surface area contributed by atoms with Gasteiger partial charge < -0.3 is 9.88 Å². The molecule has 0 saturated heterocycles. The normalized spacial score (nSPS) is 14.8. The number of aromatic amines is 2. The predicted octanol–water partition coefficient (Wildman–Crippen LogP) is 2.88. The van der Waals surface area contributed by atoms with Gasteiger partial charge in [-0.25, -0.2) is 14.8 Å². The molecule has 0 aliphatic carbocycles. The molecule has 4 rings (SSSR count). The van der Waals surface area contributed by atoms with Crippen LogP contribution in [-0.4, -0.2) is 26.5 Å². The van der Waals surface area contributed by atoms with E-state index in [9.17, 15) is 18.0 Å². The van der Waals surface area contributed by atoms with Crippen LogP contribution in [0.25, 0.3) is 11.2 Å². The third-order valence-corrected chi connectivity index (χ3v) is 4.31. The van der Waals surface area contributed by atoms with Crippen molar-refractivity contribution in [2.24, 2.45) is 0 Å². The second-order valence-corrected chi connectivity index (χ2v) is 6.13. The van der Waals surface area contributed by atoms with Crippen molar-refractivity contribution in [2.75, 3.05) is 11.4 Å². The maximum atomic E-state index is 13.3. The highest BCUT2D eigenvalue weighted by molar-refractivity contribution is 6.29. The zero-order valence-corrected chi connectivity index (χ0v) is 13.4. The van der Waals surface area contributed by atoms with Gasteiger partial charge in [0.05, 0.1) is 11.2 Å². The molecule has 3 aromatic rings. The van der Waals surface area contributed by atoms with Crippen molar-refractivity contribution in [3.05, 3.63) is 50.8 Å². The smallest absolute Gasteiger partial charge is 0.365 e. The van der Waals surface area contributed by atoms with Crippen LogP contribution in [0.4, 0.5) is 18.9 Å². The molecule has 0 amide bonds. The summed E-state index contributed by atoms with van der Waals surface area (Å²) in [6.45, 7) is 0.588. The molecule has 0 bridgehead atoms. The van der Waals surface area contributed by atoms with Crippen molar-refractivity contribution >= 4 is 28.5 Å². The number of nitrogens with one attached hydrogen (secondary N) is 2. The minimum atomic E-state index is -4.60. The highest BCUT2D eigenvalue weighted by Gasteiger charge is 2.38. The molecule has 0 saturated carbocycles. The van der Waals surface area contributed by atoms with E-state index in [2.05, 4.69) is 19.9 Å². The Morgan fingerprint density at radius 3 is 2.76 bits per heavy atom. The molecule has 4 heterocycles. The molecule has 10 heteroatoms. The van der Waals surface area contributed by atoms with Gasteiger partial charge in [0.25, 0.3) is 0 Å². The number of fused-ring (bicyclic) bond motifs is 2. The number of nitrogens with zero attached hydrogens (tertiary/aromatic N) is 3. The highest BCUT2D eigenvalue weighted by atomic mass is 35.5. The molecular formula is C15H11ClF3N5O. The van der Waals surface area contributed by atoms with E-state index in [1.165, 1.54) is 12.1 Å². The lowest BCUT2D eigenvalue weighted by molar-refractivity contribution is -0.140. The summed E-state index contributed by atoms with van der Waals surface area (Å²) >= 11 is 5.63. The number of hydrogen-bond donors (Lipinski definition) is 2. The van der Waals surface area contributed by atoms with Crippen LogP contribution in [0.1, 0.15) is 17.0 Å². The Balaban J connectivity index is 1.75. The van der Waals surface area contributed by atoms with Gasteiger partial charge >= 0.3 is 11.9 Å². The molecule has 0 unspecified atom stereocenters. The summed E-state index contributed by atoms with van der Waals surface area (Å²) in [5.41, 5.74) is 1.09. The Morgan fingerprint density at radius 2 is 2.00 bits per heavy atom. The molecular weight excluding hydrogens is 359 g/mol. The SMILES string of the molecule is O=c1[nH]c2cc3c(nc2[nH]1)CCN(c1ccc(Cl)nc1C(F)(F)F)C3. The monoisotopic (exact) mass is 369 g/mol. The standard InChI is InChI=1S/C15H11ClF3N5O/c16-11-2-1-10(12(22-11)15(17,18)19)24-4-3-8-7(6-24)5-9-13(20-8)23-14(25)21-9/h1-2,5H,3-4,6H2,(H2,20,21,23,25). The quantitative estimate of drug-likeness (QED) is 0.647. The van der Waals surface area contributed by atoms with Crippen LogP contribution in [0.3, 0.4) is 0 Å². The number of rotatable bonds is 1. The van der Waals surface area contributed by atoms with Gasteiger partial charge in [0.15, 0.2) is 11.3 Å². The molecule has 0 atom stereocenters. The van der Waals surface area contributed by atoms with E-state index >= 15 is 0 Å². The fourth-order valence-corrected chi connectivity index (χ4v) is 3.17. The highest BCUT2D eigenvalue weighted by Crippen LogP contribution is 2.37. The topological polar surface area (TPSA) is 77.7 Å². The van der Waals surface area contributed by atoms with Gasteiger partial charge in [0, 0.05) is 25.2 Å². The summed E-state index contributed by atoms with van der Waals surface area (Å²) in [5.74, 6) is 0.